The van der Waals surface area contributed by atoms with Gasteiger partial charge in [-0.3, -0.25) is 4.79 Å². The van der Waals surface area contributed by atoms with Crippen molar-refractivity contribution >= 4 is 5.52 Å². The SMILES string of the molecule is CC.Cc1cnn2nc[nH]c(=O)c12. The van der Waals surface area contributed by atoms with Gasteiger partial charge in [-0.1, -0.05) is 13.8 Å². The summed E-state index contributed by atoms with van der Waals surface area (Å²) >= 11 is 0. The number of rotatable bonds is 0. The van der Waals surface area contributed by atoms with Crippen LogP contribution in [0.1, 0.15) is 19.4 Å². The van der Waals surface area contributed by atoms with Crippen molar-refractivity contribution in [1.82, 2.24) is 19.8 Å². The largest absolute Gasteiger partial charge is 0.310 e. The molecule has 13 heavy (non-hydrogen) atoms. The molecule has 0 saturated carbocycles. The van der Waals surface area contributed by atoms with Crippen molar-refractivity contribution in [2.45, 2.75) is 20.8 Å². The van der Waals surface area contributed by atoms with Crippen LogP contribution in [0.15, 0.2) is 17.3 Å². The van der Waals surface area contributed by atoms with Crippen LogP contribution in [0.25, 0.3) is 5.52 Å². The van der Waals surface area contributed by atoms with Crippen molar-refractivity contribution in [1.29, 1.82) is 0 Å². The molecule has 0 saturated heterocycles. The molecular formula is C8H12N4O. The van der Waals surface area contributed by atoms with E-state index < -0.39 is 0 Å². The van der Waals surface area contributed by atoms with E-state index in [0.29, 0.717) is 5.52 Å². The zero-order valence-corrected chi connectivity index (χ0v) is 7.90. The van der Waals surface area contributed by atoms with E-state index in [4.69, 9.17) is 0 Å². The third-order valence-electron chi connectivity index (χ3n) is 1.51. The number of nitrogens with one attached hydrogen (secondary N) is 1. The average Bonchev–Trinajstić information content (AvgIpc) is 2.53. The maximum atomic E-state index is 11.1. The van der Waals surface area contributed by atoms with E-state index in [1.807, 2.05) is 20.8 Å². The maximum Gasteiger partial charge on any atom is 0.277 e. The summed E-state index contributed by atoms with van der Waals surface area (Å²) in [5, 5.41) is 7.68. The predicted molar refractivity (Wildman–Crippen MR) is 49.7 cm³/mol. The van der Waals surface area contributed by atoms with E-state index in [0.717, 1.165) is 5.56 Å². The van der Waals surface area contributed by atoms with Crippen LogP contribution in [0.4, 0.5) is 0 Å². The van der Waals surface area contributed by atoms with E-state index in [9.17, 15) is 4.79 Å². The quantitative estimate of drug-likeness (QED) is 0.650. The molecule has 0 spiro atoms. The van der Waals surface area contributed by atoms with Crippen molar-refractivity contribution in [3.8, 4) is 0 Å². The third kappa shape index (κ3) is 1.58. The van der Waals surface area contributed by atoms with E-state index in [2.05, 4.69) is 15.2 Å². The fourth-order valence-electron chi connectivity index (χ4n) is 0.986. The van der Waals surface area contributed by atoms with Crippen molar-refractivity contribution in [3.63, 3.8) is 0 Å². The van der Waals surface area contributed by atoms with Crippen LogP contribution < -0.4 is 5.56 Å². The summed E-state index contributed by atoms with van der Waals surface area (Å²) in [5.41, 5.74) is 1.18. The molecule has 2 heterocycles. The number of H-pyrrole nitrogens is 1. The van der Waals surface area contributed by atoms with Crippen LogP contribution in [0.3, 0.4) is 0 Å². The molecule has 0 radical (unpaired) electrons. The molecule has 70 valence electrons. The Balaban J connectivity index is 0.000000396. The lowest BCUT2D eigenvalue weighted by Crippen LogP contribution is -2.11. The topological polar surface area (TPSA) is 63.1 Å². The summed E-state index contributed by atoms with van der Waals surface area (Å²) in [4.78, 5) is 13.6. The minimum atomic E-state index is -0.157. The molecule has 5 heteroatoms. The third-order valence-corrected chi connectivity index (χ3v) is 1.51. The second-order valence-corrected chi connectivity index (χ2v) is 2.28. The minimum absolute atomic E-state index is 0.157. The van der Waals surface area contributed by atoms with E-state index in [1.54, 1.807) is 6.20 Å². The Kier molecular flexibility index (Phi) is 2.79. The van der Waals surface area contributed by atoms with Crippen LogP contribution in [0.2, 0.25) is 0 Å². The molecular weight excluding hydrogens is 168 g/mol. The molecule has 2 aromatic heterocycles. The molecule has 0 amide bonds. The zero-order chi connectivity index (χ0) is 9.84. The lowest BCUT2D eigenvalue weighted by molar-refractivity contribution is 0.773. The van der Waals surface area contributed by atoms with Gasteiger partial charge in [-0.15, -0.1) is 9.73 Å². The lowest BCUT2D eigenvalue weighted by Gasteiger charge is -1.88. The number of hydrogen-bond donors (Lipinski definition) is 1. The number of hydrogen-bond acceptors (Lipinski definition) is 3. The smallest absolute Gasteiger partial charge is 0.277 e. The van der Waals surface area contributed by atoms with Gasteiger partial charge in [0.05, 0.1) is 6.20 Å². The molecule has 0 aliphatic heterocycles. The van der Waals surface area contributed by atoms with Crippen LogP contribution in [0, 0.1) is 6.92 Å². The van der Waals surface area contributed by atoms with Gasteiger partial charge < -0.3 is 4.98 Å². The molecule has 0 aliphatic rings. The average molecular weight is 180 g/mol. The van der Waals surface area contributed by atoms with Gasteiger partial charge in [-0.05, 0) is 6.92 Å². The number of aromatic amines is 1. The molecule has 0 atom stereocenters. The molecule has 0 aliphatic carbocycles. The summed E-state index contributed by atoms with van der Waals surface area (Å²) < 4.78 is 1.31. The van der Waals surface area contributed by atoms with Gasteiger partial charge in [-0.25, -0.2) is 0 Å². The van der Waals surface area contributed by atoms with Gasteiger partial charge in [0.1, 0.15) is 6.33 Å². The highest BCUT2D eigenvalue weighted by Crippen LogP contribution is 1.98. The highest BCUT2D eigenvalue weighted by atomic mass is 16.1. The van der Waals surface area contributed by atoms with Crippen molar-refractivity contribution < 1.29 is 0 Å². The molecule has 1 N–H and O–H groups in total. The van der Waals surface area contributed by atoms with Crippen LogP contribution in [-0.4, -0.2) is 19.8 Å². The Morgan fingerprint density at radius 2 is 2.08 bits per heavy atom. The van der Waals surface area contributed by atoms with E-state index in [-0.39, 0.29) is 5.56 Å². The predicted octanol–water partition coefficient (Wildman–Crippen LogP) is 0.752. The highest BCUT2D eigenvalue weighted by Gasteiger charge is 2.02. The molecule has 0 aromatic carbocycles. The van der Waals surface area contributed by atoms with E-state index in [1.165, 1.54) is 11.0 Å². The standard InChI is InChI=1S/C6H6N4O.C2H6/c1-4-2-8-10-5(4)6(11)7-3-9-10;1-2/h2-3H,1H3,(H,7,9,11);1-2H3. The van der Waals surface area contributed by atoms with Gasteiger partial charge in [0.15, 0.2) is 5.52 Å². The highest BCUT2D eigenvalue weighted by molar-refractivity contribution is 5.49. The second kappa shape index (κ2) is 3.84. The van der Waals surface area contributed by atoms with Gasteiger partial charge in [0.2, 0.25) is 0 Å². The van der Waals surface area contributed by atoms with E-state index >= 15 is 0 Å². The number of aromatic nitrogens is 4. The number of aryl methyl sites for hydroxylation is 1. The summed E-state index contributed by atoms with van der Waals surface area (Å²) in [7, 11) is 0. The second-order valence-electron chi connectivity index (χ2n) is 2.28. The Morgan fingerprint density at radius 3 is 2.69 bits per heavy atom. The van der Waals surface area contributed by atoms with Crippen molar-refractivity contribution in [2.24, 2.45) is 0 Å². The van der Waals surface area contributed by atoms with Crippen molar-refractivity contribution in [3.05, 3.63) is 28.4 Å². The fraction of sp³-hybridized carbons (Fsp3) is 0.375. The molecule has 5 nitrogen and oxygen atoms in total. The first-order valence-electron chi connectivity index (χ1n) is 4.17. The molecule has 2 rings (SSSR count). The molecule has 0 bridgehead atoms. The monoisotopic (exact) mass is 180 g/mol. The molecule has 0 unspecified atom stereocenters. The Morgan fingerprint density at radius 1 is 1.38 bits per heavy atom. The maximum absolute atomic E-state index is 11.1. The van der Waals surface area contributed by atoms with Crippen molar-refractivity contribution in [2.75, 3.05) is 0 Å². The minimum Gasteiger partial charge on any atom is -0.310 e. The summed E-state index contributed by atoms with van der Waals surface area (Å²) in [6, 6.07) is 0. The van der Waals surface area contributed by atoms with Gasteiger partial charge in [-0.2, -0.15) is 5.10 Å². The first-order valence-corrected chi connectivity index (χ1v) is 4.17. The molecule has 0 fully saturated rings. The van der Waals surface area contributed by atoms with Crippen LogP contribution in [0.5, 0.6) is 0 Å². The summed E-state index contributed by atoms with van der Waals surface area (Å²) in [5.74, 6) is 0. The zero-order valence-electron chi connectivity index (χ0n) is 7.90. The van der Waals surface area contributed by atoms with Gasteiger partial charge in [0, 0.05) is 5.56 Å². The lowest BCUT2D eigenvalue weighted by atomic mass is 10.3. The van der Waals surface area contributed by atoms with Crippen LogP contribution in [-0.2, 0) is 0 Å². The summed E-state index contributed by atoms with van der Waals surface area (Å²) in [6.45, 7) is 5.82. The van der Waals surface area contributed by atoms with Gasteiger partial charge >= 0.3 is 0 Å². The number of nitrogens with zero attached hydrogens (tertiary/aromatic N) is 3. The summed E-state index contributed by atoms with van der Waals surface area (Å²) in [6.07, 6.45) is 2.93. The Labute approximate surface area is 75.4 Å². The number of fused-ring (bicyclic) bond motifs is 1. The Hall–Kier alpha value is -1.65. The first kappa shape index (κ1) is 9.44. The fourth-order valence-corrected chi connectivity index (χ4v) is 0.986. The normalized spacial score (nSPS) is 9.46. The first-order chi connectivity index (χ1) is 6.29. The Bertz CT molecular complexity index is 443. The van der Waals surface area contributed by atoms with Crippen LogP contribution >= 0.6 is 0 Å². The molecule has 2 aromatic rings. The van der Waals surface area contributed by atoms with Gasteiger partial charge in [0.25, 0.3) is 5.56 Å².